The van der Waals surface area contributed by atoms with Gasteiger partial charge in [0.05, 0.1) is 6.10 Å². The van der Waals surface area contributed by atoms with Gasteiger partial charge >= 0.3 is 0 Å². The van der Waals surface area contributed by atoms with Gasteiger partial charge in [-0.3, -0.25) is 0 Å². The molecule has 0 bridgehead atoms. The Bertz CT molecular complexity index is 360. The molecule has 1 aromatic carbocycles. The second kappa shape index (κ2) is 9.43. The lowest BCUT2D eigenvalue weighted by Gasteiger charge is -2.09. The molecule has 1 fully saturated rings. The van der Waals surface area contributed by atoms with Gasteiger partial charge < -0.3 is 10.1 Å². The van der Waals surface area contributed by atoms with Crippen molar-refractivity contribution in [2.24, 2.45) is 0 Å². The molecule has 0 saturated carbocycles. The lowest BCUT2D eigenvalue weighted by molar-refractivity contribution is 0.104. The minimum atomic E-state index is 0.544. The fourth-order valence-electron chi connectivity index (χ4n) is 2.49. The third kappa shape index (κ3) is 5.86. The summed E-state index contributed by atoms with van der Waals surface area (Å²) in [5.41, 5.74) is 1.38. The van der Waals surface area contributed by atoms with E-state index >= 15 is 0 Å². The topological polar surface area (TPSA) is 21.3 Å². The Balaban J connectivity index is 1.60. The number of thioether (sulfide) groups is 1. The largest absolute Gasteiger partial charge is 0.378 e. The van der Waals surface area contributed by atoms with Gasteiger partial charge in [-0.25, -0.2) is 0 Å². The maximum absolute atomic E-state index is 5.65. The average molecular weight is 293 g/mol. The van der Waals surface area contributed by atoms with E-state index in [9.17, 15) is 0 Å². The summed E-state index contributed by atoms with van der Waals surface area (Å²) in [7, 11) is 0. The molecule has 0 aromatic heterocycles. The van der Waals surface area contributed by atoms with Gasteiger partial charge in [0.25, 0.3) is 0 Å². The second-order valence-electron chi connectivity index (χ2n) is 5.45. The molecule has 0 spiro atoms. The smallest absolute Gasteiger partial charge is 0.0576 e. The van der Waals surface area contributed by atoms with Crippen molar-refractivity contribution in [3.05, 3.63) is 29.8 Å². The van der Waals surface area contributed by atoms with E-state index in [1.807, 2.05) is 11.8 Å². The van der Waals surface area contributed by atoms with E-state index in [1.54, 1.807) is 0 Å². The van der Waals surface area contributed by atoms with Gasteiger partial charge in [0, 0.05) is 18.0 Å². The lowest BCUT2D eigenvalue weighted by Crippen LogP contribution is -2.13. The van der Waals surface area contributed by atoms with E-state index in [2.05, 4.69) is 36.5 Å². The summed E-state index contributed by atoms with van der Waals surface area (Å²) in [4.78, 5) is 1.39. The maximum atomic E-state index is 5.65. The van der Waals surface area contributed by atoms with Gasteiger partial charge in [-0.15, -0.1) is 11.8 Å². The van der Waals surface area contributed by atoms with Crippen molar-refractivity contribution in [3.8, 4) is 0 Å². The summed E-state index contributed by atoms with van der Waals surface area (Å²) in [6.45, 7) is 5.26. The van der Waals surface area contributed by atoms with Gasteiger partial charge in [0.1, 0.15) is 0 Å². The molecule has 3 heteroatoms. The highest BCUT2D eigenvalue weighted by Crippen LogP contribution is 2.22. The molecule has 1 aliphatic rings. The molecule has 1 aliphatic heterocycles. The monoisotopic (exact) mass is 293 g/mol. The molecule has 1 aromatic rings. The third-order valence-corrected chi connectivity index (χ3v) is 4.74. The molecule has 0 aliphatic carbocycles. The number of nitrogens with one attached hydrogen (secondary N) is 1. The van der Waals surface area contributed by atoms with Crippen LogP contribution in [0, 0.1) is 0 Å². The predicted octanol–water partition coefficient (Wildman–Crippen LogP) is 4.24. The Morgan fingerprint density at radius 1 is 1.30 bits per heavy atom. The first-order valence-electron chi connectivity index (χ1n) is 7.92. The Hall–Kier alpha value is -0.510. The Labute approximate surface area is 127 Å². The van der Waals surface area contributed by atoms with Crippen LogP contribution in [-0.4, -0.2) is 25.0 Å². The quantitative estimate of drug-likeness (QED) is 0.543. The molecule has 2 rings (SSSR count). The average Bonchev–Trinajstić information content (AvgIpc) is 2.99. The zero-order chi connectivity index (χ0) is 14.0. The summed E-state index contributed by atoms with van der Waals surface area (Å²) in [6.07, 6.45) is 6.75. The van der Waals surface area contributed by atoms with Crippen LogP contribution in [0.3, 0.4) is 0 Å². The van der Waals surface area contributed by atoms with Crippen molar-refractivity contribution in [3.63, 3.8) is 0 Å². The summed E-state index contributed by atoms with van der Waals surface area (Å²) in [6, 6.07) is 8.98. The number of rotatable bonds is 9. The van der Waals surface area contributed by atoms with Crippen LogP contribution in [0.25, 0.3) is 0 Å². The number of hydrogen-bond acceptors (Lipinski definition) is 3. The standard InChI is InChI=1S/C17H27NOS/c1-2-11-18-14-15-7-9-17(10-8-15)20-13-4-6-16-5-3-12-19-16/h7-10,16,18H,2-6,11-14H2,1H3. The van der Waals surface area contributed by atoms with Crippen molar-refractivity contribution in [1.82, 2.24) is 5.32 Å². The van der Waals surface area contributed by atoms with Crippen molar-refractivity contribution < 1.29 is 4.74 Å². The van der Waals surface area contributed by atoms with Crippen LogP contribution in [0.1, 0.15) is 44.6 Å². The minimum absolute atomic E-state index is 0.544. The molecule has 0 amide bonds. The summed E-state index contributed by atoms with van der Waals surface area (Å²) >= 11 is 1.96. The lowest BCUT2D eigenvalue weighted by atomic mass is 10.1. The van der Waals surface area contributed by atoms with Crippen molar-refractivity contribution >= 4 is 11.8 Å². The van der Waals surface area contributed by atoms with Crippen LogP contribution in [0.15, 0.2) is 29.2 Å². The summed E-state index contributed by atoms with van der Waals surface area (Å²) in [5.74, 6) is 1.20. The molecule has 112 valence electrons. The molecule has 1 unspecified atom stereocenters. The number of ether oxygens (including phenoxy) is 1. The molecule has 2 nitrogen and oxygen atoms in total. The first-order chi connectivity index (χ1) is 9.88. The van der Waals surface area contributed by atoms with Gasteiger partial charge in [0.2, 0.25) is 0 Å². The van der Waals surface area contributed by atoms with E-state index in [4.69, 9.17) is 4.74 Å². The molecule has 1 atom stereocenters. The van der Waals surface area contributed by atoms with Gasteiger partial charge in [0.15, 0.2) is 0 Å². The van der Waals surface area contributed by atoms with Crippen LogP contribution in [0.4, 0.5) is 0 Å². The molecular weight excluding hydrogens is 266 g/mol. The SMILES string of the molecule is CCCNCc1ccc(SCCCC2CCCO2)cc1. The van der Waals surface area contributed by atoms with Crippen LogP contribution in [-0.2, 0) is 11.3 Å². The number of hydrogen-bond donors (Lipinski definition) is 1. The van der Waals surface area contributed by atoms with E-state index < -0.39 is 0 Å². The normalized spacial score (nSPS) is 18.6. The summed E-state index contributed by atoms with van der Waals surface area (Å²) in [5, 5.41) is 3.43. The van der Waals surface area contributed by atoms with E-state index in [-0.39, 0.29) is 0 Å². The highest BCUT2D eigenvalue weighted by molar-refractivity contribution is 7.99. The fourth-order valence-corrected chi connectivity index (χ4v) is 3.36. The fraction of sp³-hybridized carbons (Fsp3) is 0.647. The maximum Gasteiger partial charge on any atom is 0.0576 e. The van der Waals surface area contributed by atoms with E-state index in [0.717, 1.165) is 19.7 Å². The van der Waals surface area contributed by atoms with Crippen molar-refractivity contribution in [2.45, 2.75) is 56.6 Å². The zero-order valence-corrected chi connectivity index (χ0v) is 13.4. The first-order valence-corrected chi connectivity index (χ1v) is 8.91. The van der Waals surface area contributed by atoms with Crippen LogP contribution < -0.4 is 5.32 Å². The predicted molar refractivity (Wildman–Crippen MR) is 87.4 cm³/mol. The Morgan fingerprint density at radius 2 is 2.15 bits per heavy atom. The highest BCUT2D eigenvalue weighted by Gasteiger charge is 2.14. The zero-order valence-electron chi connectivity index (χ0n) is 12.6. The van der Waals surface area contributed by atoms with Crippen molar-refractivity contribution in [2.75, 3.05) is 18.9 Å². The van der Waals surface area contributed by atoms with Gasteiger partial charge in [-0.1, -0.05) is 19.1 Å². The van der Waals surface area contributed by atoms with Crippen LogP contribution in [0.5, 0.6) is 0 Å². The minimum Gasteiger partial charge on any atom is -0.378 e. The van der Waals surface area contributed by atoms with Crippen LogP contribution in [0.2, 0.25) is 0 Å². The molecule has 1 saturated heterocycles. The highest BCUT2D eigenvalue weighted by atomic mass is 32.2. The Morgan fingerprint density at radius 3 is 2.85 bits per heavy atom. The molecule has 20 heavy (non-hydrogen) atoms. The molecular formula is C17H27NOS. The first kappa shape index (κ1) is 15.9. The summed E-state index contributed by atoms with van der Waals surface area (Å²) < 4.78 is 5.65. The third-order valence-electron chi connectivity index (χ3n) is 3.64. The Kier molecular flexibility index (Phi) is 7.48. The van der Waals surface area contributed by atoms with E-state index in [0.29, 0.717) is 6.10 Å². The van der Waals surface area contributed by atoms with E-state index in [1.165, 1.54) is 48.3 Å². The molecule has 0 radical (unpaired) electrons. The van der Waals surface area contributed by atoms with Crippen LogP contribution >= 0.6 is 11.8 Å². The molecule has 1 heterocycles. The van der Waals surface area contributed by atoms with Crippen molar-refractivity contribution in [1.29, 1.82) is 0 Å². The molecule has 1 N–H and O–H groups in total. The van der Waals surface area contributed by atoms with Gasteiger partial charge in [-0.2, -0.15) is 0 Å². The second-order valence-corrected chi connectivity index (χ2v) is 6.61. The number of benzene rings is 1. The van der Waals surface area contributed by atoms with Gasteiger partial charge in [-0.05, 0) is 62.1 Å².